The first-order valence-corrected chi connectivity index (χ1v) is 19.1. The minimum absolute atomic E-state index is 0. The molecule has 1 radical (unpaired) electrons. The van der Waals surface area contributed by atoms with Crippen LogP contribution in [0.15, 0.2) is 84.2 Å². The van der Waals surface area contributed by atoms with Crippen molar-refractivity contribution in [2.24, 2.45) is 10.8 Å². The molecule has 4 aromatic heterocycles. The van der Waals surface area contributed by atoms with Crippen LogP contribution in [-0.4, -0.2) is 20.9 Å². The van der Waals surface area contributed by atoms with Crippen molar-refractivity contribution in [2.75, 3.05) is 0 Å². The number of aromatic nitrogens is 2. The molecule has 6 aromatic rings. The second-order valence-electron chi connectivity index (χ2n) is 14.5. The number of aliphatic hydroxyl groups is 1. The van der Waals surface area contributed by atoms with E-state index in [4.69, 9.17) is 4.98 Å². The molecule has 0 atom stereocenters. The van der Waals surface area contributed by atoms with Gasteiger partial charge < -0.3 is 5.11 Å². The van der Waals surface area contributed by atoms with Gasteiger partial charge in [0.2, 0.25) is 0 Å². The summed E-state index contributed by atoms with van der Waals surface area (Å²) < 4.78 is 2.44. The molecule has 1 N–H and O–H groups in total. The maximum Gasteiger partial charge on any atom is 0.164 e. The molecule has 4 heterocycles. The van der Waals surface area contributed by atoms with Crippen molar-refractivity contribution < 1.29 is 30.0 Å². The number of allylic oxidation sites excluding steroid dienone is 2. The van der Waals surface area contributed by atoms with Crippen LogP contribution < -0.4 is 0 Å². The SMILES string of the molecule is CC(C)(C)c1cc(-c2nccc3cc(-c4ccnc5ccsc45)sc23)[c-]c2ccccc12.CCC(C)(CC)C(=O)/C=C(\O)C(C)(CC)CC.[Ir]. The topological polar surface area (TPSA) is 63.1 Å². The zero-order valence-corrected chi connectivity index (χ0v) is 34.8. The molecule has 0 aliphatic heterocycles. The zero-order chi connectivity index (χ0) is 35.6. The van der Waals surface area contributed by atoms with Crippen molar-refractivity contribution in [3.05, 3.63) is 95.8 Å². The van der Waals surface area contributed by atoms with Gasteiger partial charge in [-0.2, -0.15) is 0 Å². The molecule has 2 aromatic carbocycles. The second kappa shape index (κ2) is 16.0. The third-order valence-electron chi connectivity index (χ3n) is 10.5. The van der Waals surface area contributed by atoms with Gasteiger partial charge in [0.25, 0.3) is 0 Å². The summed E-state index contributed by atoms with van der Waals surface area (Å²) in [5.74, 6) is 0.286. The van der Waals surface area contributed by atoms with E-state index >= 15 is 0 Å². The Labute approximate surface area is 319 Å². The van der Waals surface area contributed by atoms with Crippen LogP contribution in [0.3, 0.4) is 0 Å². The number of hydrogen-bond donors (Lipinski definition) is 1. The number of rotatable bonds is 9. The number of carbonyl (C=O) groups is 1. The predicted octanol–water partition coefficient (Wildman–Crippen LogP) is 13.1. The molecule has 0 aliphatic rings. The predicted molar refractivity (Wildman–Crippen MR) is 212 cm³/mol. The summed E-state index contributed by atoms with van der Waals surface area (Å²) in [6.07, 6.45) is 8.58. The smallest absolute Gasteiger partial charge is 0.164 e. The van der Waals surface area contributed by atoms with Gasteiger partial charge in [0, 0.05) is 70.2 Å². The van der Waals surface area contributed by atoms with Crippen LogP contribution in [0.1, 0.15) is 93.6 Å². The van der Waals surface area contributed by atoms with Gasteiger partial charge in [-0.05, 0) is 66.1 Å². The van der Waals surface area contributed by atoms with E-state index in [2.05, 4.69) is 91.8 Å². The molecular weight excluding hydrogens is 833 g/mol. The summed E-state index contributed by atoms with van der Waals surface area (Å²) >= 11 is 3.55. The normalized spacial score (nSPS) is 12.5. The van der Waals surface area contributed by atoms with Crippen LogP contribution in [0.5, 0.6) is 0 Å². The van der Waals surface area contributed by atoms with E-state index in [0.29, 0.717) is 0 Å². The fourth-order valence-corrected chi connectivity index (χ4v) is 8.15. The van der Waals surface area contributed by atoms with Gasteiger partial charge in [-0.25, -0.2) is 0 Å². The maximum absolute atomic E-state index is 12.2. The van der Waals surface area contributed by atoms with Gasteiger partial charge in [0.1, 0.15) is 5.76 Å². The Morgan fingerprint density at radius 1 is 0.840 bits per heavy atom. The minimum Gasteiger partial charge on any atom is -0.512 e. The Morgan fingerprint density at radius 2 is 1.50 bits per heavy atom. The molecule has 50 heavy (non-hydrogen) atoms. The number of benzene rings is 2. The molecule has 7 heteroatoms. The standard InChI is InChI=1S/C28H21N2S2.C15H28O2.Ir/c1-28(2,3)22-15-19(14-17-6-4-5-7-20(17)22)25-26-18(8-11-30-25)16-24(32-26)21-9-12-29-23-10-13-31-27(21)23;1-7-14(5,8-2)12(16)11-13(17)15(6,9-3)10-4;/h4-13,15-16H,1-3H3;11,16H,7-10H2,1-6H3;/q-1;;/b;12-11-;. The molecule has 0 saturated heterocycles. The molecule has 0 unspecified atom stereocenters. The Hall–Kier alpha value is -3.22. The largest absolute Gasteiger partial charge is 0.512 e. The maximum atomic E-state index is 12.2. The van der Waals surface area contributed by atoms with E-state index in [9.17, 15) is 9.90 Å². The number of hydrogen-bond acceptors (Lipinski definition) is 6. The quantitative estimate of drug-likeness (QED) is 0.0893. The Kier molecular flexibility index (Phi) is 12.6. The van der Waals surface area contributed by atoms with Crippen LogP contribution in [0.2, 0.25) is 0 Å². The van der Waals surface area contributed by atoms with Gasteiger partial charge in [-0.3, -0.25) is 14.8 Å². The number of ketones is 1. The van der Waals surface area contributed by atoms with Gasteiger partial charge in [0.05, 0.1) is 10.2 Å². The number of nitrogens with zero attached hydrogens (tertiary/aromatic N) is 2. The molecular formula is C43H49IrN2O2S2-. The third kappa shape index (κ3) is 7.97. The molecule has 0 amide bonds. The monoisotopic (exact) mass is 882 g/mol. The van der Waals surface area contributed by atoms with Crippen LogP contribution in [-0.2, 0) is 30.3 Å². The van der Waals surface area contributed by atoms with E-state index in [1.165, 1.54) is 42.3 Å². The summed E-state index contributed by atoms with van der Waals surface area (Å²) in [5, 5.41) is 15.9. The van der Waals surface area contributed by atoms with Crippen molar-refractivity contribution in [3.8, 4) is 21.7 Å². The third-order valence-corrected chi connectivity index (χ3v) is 12.6. The summed E-state index contributed by atoms with van der Waals surface area (Å²) in [7, 11) is 0. The fraction of sp³-hybridized carbons (Fsp3) is 0.372. The van der Waals surface area contributed by atoms with Crippen LogP contribution in [0.4, 0.5) is 0 Å². The summed E-state index contributed by atoms with van der Waals surface area (Å²) in [4.78, 5) is 22.8. The first-order chi connectivity index (χ1) is 23.3. The Balaban J connectivity index is 0.000000269. The van der Waals surface area contributed by atoms with Gasteiger partial charge in [0.15, 0.2) is 5.78 Å². The van der Waals surface area contributed by atoms with Crippen molar-refractivity contribution in [3.63, 3.8) is 0 Å². The molecule has 0 fully saturated rings. The van der Waals surface area contributed by atoms with E-state index in [-0.39, 0.29) is 47.9 Å². The Bertz CT molecular complexity index is 2130. The first-order valence-electron chi connectivity index (χ1n) is 17.4. The summed E-state index contributed by atoms with van der Waals surface area (Å²) in [5.41, 5.74) is 5.12. The van der Waals surface area contributed by atoms with Crippen LogP contribution in [0.25, 0.3) is 52.8 Å². The van der Waals surface area contributed by atoms with Crippen LogP contribution >= 0.6 is 22.7 Å². The number of fused-ring (bicyclic) bond motifs is 3. The second-order valence-corrected chi connectivity index (χ2v) is 16.5. The minimum atomic E-state index is -0.337. The first kappa shape index (κ1) is 39.6. The van der Waals surface area contributed by atoms with Crippen molar-refractivity contribution in [1.82, 2.24) is 9.97 Å². The van der Waals surface area contributed by atoms with Crippen molar-refractivity contribution >= 4 is 59.5 Å². The average Bonchev–Trinajstić information content (AvgIpc) is 3.78. The number of pyridine rings is 2. The molecule has 265 valence electrons. The zero-order valence-electron chi connectivity index (χ0n) is 30.7. The average molecular weight is 882 g/mol. The molecule has 0 saturated carbocycles. The van der Waals surface area contributed by atoms with E-state index < -0.39 is 0 Å². The van der Waals surface area contributed by atoms with Gasteiger partial charge >= 0.3 is 0 Å². The van der Waals surface area contributed by atoms with Gasteiger partial charge in [-0.15, -0.1) is 51.8 Å². The summed E-state index contributed by atoms with van der Waals surface area (Å²) in [6, 6.07) is 23.1. The fourth-order valence-electron chi connectivity index (χ4n) is 6.02. The van der Waals surface area contributed by atoms with Crippen LogP contribution in [0, 0.1) is 16.9 Å². The van der Waals surface area contributed by atoms with Gasteiger partial charge in [-0.1, -0.05) is 91.5 Å². The van der Waals surface area contributed by atoms with E-state index in [1.54, 1.807) is 22.7 Å². The number of aliphatic hydroxyl groups excluding tert-OH is 1. The molecule has 4 nitrogen and oxygen atoms in total. The number of carbonyl (C=O) groups excluding carboxylic acids is 1. The molecule has 0 bridgehead atoms. The van der Waals surface area contributed by atoms with Crippen molar-refractivity contribution in [2.45, 2.75) is 93.4 Å². The number of thiophene rings is 2. The van der Waals surface area contributed by atoms with E-state index in [1.807, 2.05) is 53.9 Å². The summed E-state index contributed by atoms with van der Waals surface area (Å²) in [6.45, 7) is 18.9. The molecule has 0 spiro atoms. The van der Waals surface area contributed by atoms with E-state index in [0.717, 1.165) is 47.8 Å². The molecule has 0 aliphatic carbocycles. The molecule has 6 rings (SSSR count). The van der Waals surface area contributed by atoms with Crippen molar-refractivity contribution in [1.29, 1.82) is 0 Å². The Morgan fingerprint density at radius 3 is 2.16 bits per heavy atom.